The van der Waals surface area contributed by atoms with Crippen molar-refractivity contribution in [1.29, 1.82) is 0 Å². The molecule has 0 spiro atoms. The molecule has 3 N–H and O–H groups in total. The van der Waals surface area contributed by atoms with Gasteiger partial charge in [0.2, 0.25) is 5.95 Å². The summed E-state index contributed by atoms with van der Waals surface area (Å²) >= 11 is 11.3. The number of benzene rings is 2. The number of nitrogens with zero attached hydrogens (tertiary/aromatic N) is 2. The van der Waals surface area contributed by atoms with Gasteiger partial charge in [0.15, 0.2) is 6.61 Å². The molecule has 2 aromatic carbocycles. The lowest BCUT2D eigenvalue weighted by atomic mass is 10.3. The summed E-state index contributed by atoms with van der Waals surface area (Å²) in [6, 6.07) is 11.4. The number of anilines is 1. The Morgan fingerprint density at radius 3 is 2.53 bits per heavy atom. The molecule has 0 aliphatic carbocycles. The molecule has 12 heteroatoms. The van der Waals surface area contributed by atoms with Crippen molar-refractivity contribution in [3.05, 3.63) is 52.5 Å². The van der Waals surface area contributed by atoms with Crippen molar-refractivity contribution in [2.75, 3.05) is 25.6 Å². The van der Waals surface area contributed by atoms with Crippen LogP contribution in [0, 0.1) is 0 Å². The number of aliphatic carboxylic acids is 1. The number of fused-ring (bicyclic) bond motifs is 1. The number of ether oxygens (including phenoxy) is 2. The van der Waals surface area contributed by atoms with Gasteiger partial charge in [-0.05, 0) is 36.8 Å². The number of carbonyl (C=O) groups is 3. The summed E-state index contributed by atoms with van der Waals surface area (Å²) in [4.78, 5) is 38.1. The van der Waals surface area contributed by atoms with Crippen LogP contribution in [0.25, 0.3) is 11.0 Å². The van der Waals surface area contributed by atoms with Crippen molar-refractivity contribution >= 4 is 58.3 Å². The number of rotatable bonds is 7. The Kier molecular flexibility index (Phi) is 10.4. The van der Waals surface area contributed by atoms with E-state index in [0.29, 0.717) is 33.4 Å². The highest BCUT2D eigenvalue weighted by molar-refractivity contribution is 6.35. The first kappa shape index (κ1) is 26.7. The minimum absolute atomic E-state index is 0.136. The molecule has 3 aromatic rings. The molecule has 0 aliphatic rings. The van der Waals surface area contributed by atoms with Crippen LogP contribution in [-0.2, 0) is 9.53 Å². The number of halogens is 2. The molecule has 0 aliphatic heterocycles. The van der Waals surface area contributed by atoms with E-state index in [0.717, 1.165) is 12.8 Å². The van der Waals surface area contributed by atoms with E-state index < -0.39 is 18.7 Å². The highest BCUT2D eigenvalue weighted by Crippen LogP contribution is 2.27. The molecule has 1 heterocycles. The second-order valence-electron chi connectivity index (χ2n) is 6.72. The van der Waals surface area contributed by atoms with Crippen molar-refractivity contribution in [1.82, 2.24) is 14.9 Å². The highest BCUT2D eigenvalue weighted by Gasteiger charge is 2.18. The SMILES string of the molecule is CCCCNC(=O)n1c(NC(=O)OC)nc2ccccc21.O=C(O)COc1ccc(Cl)cc1Cl. The van der Waals surface area contributed by atoms with E-state index in [1.165, 1.54) is 23.8 Å². The number of methoxy groups -OCH3 is 1. The van der Waals surface area contributed by atoms with Gasteiger partial charge in [0.1, 0.15) is 5.75 Å². The summed E-state index contributed by atoms with van der Waals surface area (Å²) in [5.74, 6) is -0.600. The first-order valence-corrected chi connectivity index (χ1v) is 10.9. The van der Waals surface area contributed by atoms with Crippen LogP contribution in [-0.4, -0.2) is 53.0 Å². The number of amides is 2. The van der Waals surface area contributed by atoms with Gasteiger partial charge in [-0.2, -0.15) is 0 Å². The third-order valence-electron chi connectivity index (χ3n) is 4.21. The molecule has 0 atom stereocenters. The predicted octanol–water partition coefficient (Wildman–Crippen LogP) is 5.03. The lowest BCUT2D eigenvalue weighted by molar-refractivity contribution is -0.139. The molecule has 34 heavy (non-hydrogen) atoms. The van der Waals surface area contributed by atoms with Crippen LogP contribution in [0.4, 0.5) is 15.5 Å². The fourth-order valence-corrected chi connectivity index (χ4v) is 3.10. The van der Waals surface area contributed by atoms with Crippen LogP contribution in [0.3, 0.4) is 0 Å². The first-order valence-electron chi connectivity index (χ1n) is 10.2. The van der Waals surface area contributed by atoms with Crippen molar-refractivity contribution in [3.63, 3.8) is 0 Å². The maximum atomic E-state index is 12.3. The van der Waals surface area contributed by atoms with E-state index in [4.69, 9.17) is 33.0 Å². The van der Waals surface area contributed by atoms with Crippen molar-refractivity contribution < 1.29 is 29.0 Å². The zero-order valence-corrected chi connectivity index (χ0v) is 20.0. The number of hydrogen-bond donors (Lipinski definition) is 3. The maximum Gasteiger partial charge on any atom is 0.413 e. The molecule has 0 unspecified atom stereocenters. The number of para-hydroxylation sites is 2. The van der Waals surface area contributed by atoms with Gasteiger partial charge in [0.25, 0.3) is 0 Å². The predicted molar refractivity (Wildman–Crippen MR) is 129 cm³/mol. The van der Waals surface area contributed by atoms with Gasteiger partial charge in [-0.25, -0.2) is 23.9 Å². The number of imidazole rings is 1. The zero-order valence-electron chi connectivity index (χ0n) is 18.5. The van der Waals surface area contributed by atoms with Gasteiger partial charge in [0.05, 0.1) is 23.2 Å². The van der Waals surface area contributed by atoms with Crippen molar-refractivity contribution in [3.8, 4) is 5.75 Å². The van der Waals surface area contributed by atoms with Crippen LogP contribution < -0.4 is 15.4 Å². The van der Waals surface area contributed by atoms with Crippen LogP contribution in [0.5, 0.6) is 5.75 Å². The molecular formula is C22H24Cl2N4O6. The number of nitrogens with one attached hydrogen (secondary N) is 2. The molecule has 0 radical (unpaired) electrons. The Balaban J connectivity index is 0.000000270. The monoisotopic (exact) mass is 510 g/mol. The number of carbonyl (C=O) groups excluding carboxylic acids is 2. The van der Waals surface area contributed by atoms with E-state index in [1.807, 2.05) is 19.1 Å². The Bertz CT molecular complexity index is 1150. The van der Waals surface area contributed by atoms with Crippen LogP contribution in [0.15, 0.2) is 42.5 Å². The summed E-state index contributed by atoms with van der Waals surface area (Å²) in [6.07, 6.45) is 1.20. The molecule has 10 nitrogen and oxygen atoms in total. The minimum Gasteiger partial charge on any atom is -0.480 e. The van der Waals surface area contributed by atoms with E-state index in [2.05, 4.69) is 20.4 Å². The highest BCUT2D eigenvalue weighted by atomic mass is 35.5. The van der Waals surface area contributed by atoms with Gasteiger partial charge >= 0.3 is 18.1 Å². The van der Waals surface area contributed by atoms with Gasteiger partial charge in [-0.15, -0.1) is 0 Å². The standard InChI is InChI=1S/C14H18N4O3.C8H6Cl2O3/c1-3-4-9-15-13(19)18-11-8-6-5-7-10(11)16-12(18)17-14(20)21-2;9-5-1-2-7(6(10)3-5)13-4-8(11)12/h5-8H,3-4,9H2,1-2H3,(H,15,19)(H,16,17,20);1-3H,4H2,(H,11,12). The molecular weight excluding hydrogens is 487 g/mol. The Hall–Kier alpha value is -3.50. The second kappa shape index (κ2) is 13.3. The molecule has 2 amide bonds. The van der Waals surface area contributed by atoms with Gasteiger partial charge < -0.3 is 19.9 Å². The molecule has 0 saturated carbocycles. The summed E-state index contributed by atoms with van der Waals surface area (Å²) in [5.41, 5.74) is 1.24. The van der Waals surface area contributed by atoms with Crippen LogP contribution in [0.2, 0.25) is 10.0 Å². The Morgan fingerprint density at radius 2 is 1.88 bits per heavy atom. The minimum atomic E-state index is -1.05. The second-order valence-corrected chi connectivity index (χ2v) is 7.56. The average Bonchev–Trinajstić information content (AvgIpc) is 3.16. The lowest BCUT2D eigenvalue weighted by Crippen LogP contribution is -2.31. The number of unbranched alkanes of at least 4 members (excludes halogenated alkanes) is 1. The fraction of sp³-hybridized carbons (Fsp3) is 0.273. The smallest absolute Gasteiger partial charge is 0.413 e. The number of hydrogen-bond acceptors (Lipinski definition) is 6. The maximum absolute atomic E-state index is 12.3. The summed E-state index contributed by atoms with van der Waals surface area (Å²) < 4.78 is 10.7. The zero-order chi connectivity index (χ0) is 25.1. The summed E-state index contributed by atoms with van der Waals surface area (Å²) in [7, 11) is 1.25. The van der Waals surface area contributed by atoms with Gasteiger partial charge in [-0.1, -0.05) is 48.7 Å². The Labute approximate surface area is 205 Å². The quantitative estimate of drug-likeness (QED) is 0.379. The molecule has 1 aromatic heterocycles. The molecule has 182 valence electrons. The Morgan fingerprint density at radius 1 is 1.15 bits per heavy atom. The van der Waals surface area contributed by atoms with Crippen molar-refractivity contribution in [2.45, 2.75) is 19.8 Å². The van der Waals surface area contributed by atoms with Gasteiger partial charge in [-0.3, -0.25) is 5.32 Å². The van der Waals surface area contributed by atoms with E-state index in [1.54, 1.807) is 18.2 Å². The topological polar surface area (TPSA) is 132 Å². The molecule has 0 fully saturated rings. The number of carboxylic acid groups (broad SMARTS) is 1. The van der Waals surface area contributed by atoms with Gasteiger partial charge in [0, 0.05) is 11.6 Å². The van der Waals surface area contributed by atoms with Crippen LogP contribution >= 0.6 is 23.2 Å². The fourth-order valence-electron chi connectivity index (χ4n) is 2.64. The lowest BCUT2D eigenvalue weighted by Gasteiger charge is -2.09. The summed E-state index contributed by atoms with van der Waals surface area (Å²) in [6.45, 7) is 2.20. The molecule has 0 bridgehead atoms. The van der Waals surface area contributed by atoms with E-state index >= 15 is 0 Å². The number of aromatic nitrogens is 2. The largest absolute Gasteiger partial charge is 0.480 e. The third kappa shape index (κ3) is 7.82. The van der Waals surface area contributed by atoms with Crippen molar-refractivity contribution in [2.24, 2.45) is 0 Å². The van der Waals surface area contributed by atoms with E-state index in [-0.39, 0.29) is 12.0 Å². The van der Waals surface area contributed by atoms with Crippen LogP contribution in [0.1, 0.15) is 19.8 Å². The third-order valence-corrected chi connectivity index (χ3v) is 4.75. The normalized spacial score (nSPS) is 10.1. The number of carboxylic acids is 1. The van der Waals surface area contributed by atoms with E-state index in [9.17, 15) is 14.4 Å². The molecule has 0 saturated heterocycles. The summed E-state index contributed by atoms with van der Waals surface area (Å²) in [5, 5.41) is 14.4. The average molecular weight is 511 g/mol. The first-order chi connectivity index (χ1) is 16.3. The molecule has 3 rings (SSSR count).